The lowest BCUT2D eigenvalue weighted by Crippen LogP contribution is -2.39. The molecular formula is C18H22N6O. The Bertz CT molecular complexity index is 810. The van der Waals surface area contributed by atoms with Crippen molar-refractivity contribution in [1.82, 2.24) is 15.3 Å². The number of fused-ring (bicyclic) bond motifs is 1. The Morgan fingerprint density at radius 1 is 1.24 bits per heavy atom. The highest BCUT2D eigenvalue weighted by Gasteiger charge is 2.16. The first-order valence-electron chi connectivity index (χ1n) is 8.46. The third-order valence-corrected chi connectivity index (χ3v) is 4.39. The topological polar surface area (TPSA) is 117 Å². The molecule has 1 aliphatic carbocycles. The highest BCUT2D eigenvalue weighted by Crippen LogP contribution is 2.19. The van der Waals surface area contributed by atoms with E-state index in [1.807, 2.05) is 0 Å². The van der Waals surface area contributed by atoms with Gasteiger partial charge in [-0.1, -0.05) is 19.3 Å². The third-order valence-electron chi connectivity index (χ3n) is 4.39. The van der Waals surface area contributed by atoms with Gasteiger partial charge in [-0.25, -0.2) is 9.78 Å². The van der Waals surface area contributed by atoms with Crippen LogP contribution in [0.5, 0.6) is 0 Å². The maximum absolute atomic E-state index is 12.2. The second-order valence-electron chi connectivity index (χ2n) is 6.16. The molecule has 0 atom stereocenters. The fourth-order valence-corrected chi connectivity index (χ4v) is 3.05. The van der Waals surface area contributed by atoms with Gasteiger partial charge >= 0.3 is 6.03 Å². The number of amides is 2. The van der Waals surface area contributed by atoms with Gasteiger partial charge in [0.1, 0.15) is 5.82 Å². The fraction of sp³-hybridized carbons (Fsp3) is 0.333. The van der Waals surface area contributed by atoms with Crippen LogP contribution >= 0.6 is 0 Å². The summed E-state index contributed by atoms with van der Waals surface area (Å²) in [5, 5.41) is 13.2. The highest BCUT2D eigenvalue weighted by atomic mass is 16.2. The summed E-state index contributed by atoms with van der Waals surface area (Å²) in [5.41, 5.74) is 8.13. The zero-order valence-electron chi connectivity index (χ0n) is 14.0. The normalized spacial score (nSPS) is 15.8. The predicted octanol–water partition coefficient (Wildman–Crippen LogP) is 3.03. The van der Waals surface area contributed by atoms with Gasteiger partial charge in [-0.2, -0.15) is 0 Å². The monoisotopic (exact) mass is 338 g/mol. The fourth-order valence-electron chi connectivity index (χ4n) is 3.05. The van der Waals surface area contributed by atoms with E-state index < -0.39 is 0 Å². The first-order valence-corrected chi connectivity index (χ1v) is 8.46. The smallest absolute Gasteiger partial charge is 0.320 e. The predicted molar refractivity (Wildman–Crippen MR) is 99.5 cm³/mol. The summed E-state index contributed by atoms with van der Waals surface area (Å²) >= 11 is 0. The lowest BCUT2D eigenvalue weighted by atomic mass is 9.96. The third kappa shape index (κ3) is 4.12. The Morgan fingerprint density at radius 2 is 2.04 bits per heavy atom. The van der Waals surface area contributed by atoms with Crippen LogP contribution in [-0.4, -0.2) is 28.3 Å². The second-order valence-corrected chi connectivity index (χ2v) is 6.16. The highest BCUT2D eigenvalue weighted by molar-refractivity contribution is 6.08. The summed E-state index contributed by atoms with van der Waals surface area (Å²) < 4.78 is 0. The zero-order valence-corrected chi connectivity index (χ0v) is 14.0. The van der Waals surface area contributed by atoms with Crippen molar-refractivity contribution < 1.29 is 4.79 Å². The number of rotatable bonds is 4. The minimum atomic E-state index is -0.232. The van der Waals surface area contributed by atoms with Crippen molar-refractivity contribution in [3.63, 3.8) is 0 Å². The van der Waals surface area contributed by atoms with Crippen molar-refractivity contribution >= 4 is 34.7 Å². The number of pyridine rings is 2. The molecular weight excluding hydrogens is 316 g/mol. The summed E-state index contributed by atoms with van der Waals surface area (Å²) in [4.78, 5) is 20.9. The number of allylic oxidation sites excluding steroid dienone is 1. The van der Waals surface area contributed by atoms with E-state index in [2.05, 4.69) is 20.6 Å². The number of urea groups is 1. The molecule has 2 heterocycles. The molecule has 0 bridgehead atoms. The molecule has 2 aromatic heterocycles. The van der Waals surface area contributed by atoms with E-state index in [0.717, 1.165) is 25.7 Å². The Hall–Kier alpha value is -2.96. The summed E-state index contributed by atoms with van der Waals surface area (Å²) in [6.45, 7) is 0. The van der Waals surface area contributed by atoms with Gasteiger partial charge in [0.15, 0.2) is 0 Å². The molecule has 5 N–H and O–H groups in total. The van der Waals surface area contributed by atoms with Crippen LogP contribution in [-0.2, 0) is 0 Å². The molecule has 1 fully saturated rings. The number of aromatic nitrogens is 2. The van der Waals surface area contributed by atoms with E-state index >= 15 is 0 Å². The van der Waals surface area contributed by atoms with Gasteiger partial charge in [0.05, 0.1) is 11.0 Å². The minimum Gasteiger partial charge on any atom is -0.404 e. The van der Waals surface area contributed by atoms with Gasteiger partial charge in [-0.3, -0.25) is 10.3 Å². The molecule has 2 aromatic rings. The van der Waals surface area contributed by atoms with Crippen LogP contribution in [0.3, 0.4) is 0 Å². The van der Waals surface area contributed by atoms with Crippen LogP contribution in [0.2, 0.25) is 0 Å². The van der Waals surface area contributed by atoms with Crippen molar-refractivity contribution in [3.05, 3.63) is 36.2 Å². The molecule has 2 amide bonds. The SMILES string of the molecule is N=CC(=CN)c1cnc2ccc(NC(=O)NC3CCCCC3)nc2c1. The molecule has 0 radical (unpaired) electrons. The number of nitrogens with zero attached hydrogens (tertiary/aromatic N) is 2. The Balaban J connectivity index is 1.75. The van der Waals surface area contributed by atoms with E-state index in [1.54, 1.807) is 24.4 Å². The van der Waals surface area contributed by atoms with E-state index in [0.29, 0.717) is 28.0 Å². The molecule has 0 aromatic carbocycles. The Morgan fingerprint density at radius 3 is 2.76 bits per heavy atom. The lowest BCUT2D eigenvalue weighted by molar-refractivity contribution is 0.244. The van der Waals surface area contributed by atoms with Gasteiger partial charge in [0.25, 0.3) is 0 Å². The zero-order chi connectivity index (χ0) is 17.6. The number of hydrogen-bond donors (Lipinski definition) is 4. The molecule has 0 unspecified atom stereocenters. The van der Waals surface area contributed by atoms with Crippen molar-refractivity contribution in [2.75, 3.05) is 5.32 Å². The number of nitrogens with two attached hydrogens (primary N) is 1. The Labute approximate surface area is 146 Å². The Kier molecular flexibility index (Phi) is 5.23. The van der Waals surface area contributed by atoms with Crippen molar-refractivity contribution in [2.24, 2.45) is 5.73 Å². The summed E-state index contributed by atoms with van der Waals surface area (Å²) in [6.07, 6.45) is 9.81. The molecule has 1 saturated carbocycles. The van der Waals surface area contributed by atoms with E-state index in [1.165, 1.54) is 18.8 Å². The van der Waals surface area contributed by atoms with Crippen molar-refractivity contribution in [2.45, 2.75) is 38.1 Å². The number of nitrogens with one attached hydrogen (secondary N) is 3. The number of carbonyl (C=O) groups excluding carboxylic acids is 1. The van der Waals surface area contributed by atoms with Crippen LogP contribution in [0, 0.1) is 5.41 Å². The van der Waals surface area contributed by atoms with Crippen LogP contribution in [0.25, 0.3) is 16.6 Å². The minimum absolute atomic E-state index is 0.232. The molecule has 3 rings (SSSR count). The number of carbonyl (C=O) groups is 1. The molecule has 0 saturated heterocycles. The summed E-state index contributed by atoms with van der Waals surface area (Å²) in [6, 6.07) is 5.35. The number of anilines is 1. The molecule has 0 spiro atoms. The van der Waals surface area contributed by atoms with Gasteiger partial charge < -0.3 is 16.5 Å². The van der Waals surface area contributed by atoms with E-state index in [-0.39, 0.29) is 12.1 Å². The second kappa shape index (κ2) is 7.74. The molecule has 7 heteroatoms. The van der Waals surface area contributed by atoms with Crippen LogP contribution in [0.4, 0.5) is 10.6 Å². The first kappa shape index (κ1) is 16.9. The van der Waals surface area contributed by atoms with Gasteiger partial charge in [-0.05, 0) is 31.0 Å². The van der Waals surface area contributed by atoms with Crippen molar-refractivity contribution in [3.8, 4) is 0 Å². The van der Waals surface area contributed by atoms with Crippen LogP contribution in [0.15, 0.2) is 30.6 Å². The quantitative estimate of drug-likeness (QED) is 0.641. The average molecular weight is 338 g/mol. The standard InChI is InChI=1S/C18H22N6O/c19-9-13(10-20)12-8-16-15(21-11-12)6-7-17(23-16)24-18(25)22-14-4-2-1-3-5-14/h6-11,14,19H,1-5,20H2,(H2,22,23,24,25). The van der Waals surface area contributed by atoms with E-state index in [4.69, 9.17) is 11.1 Å². The summed E-state index contributed by atoms with van der Waals surface area (Å²) in [7, 11) is 0. The van der Waals surface area contributed by atoms with Gasteiger partial charge in [0, 0.05) is 35.8 Å². The van der Waals surface area contributed by atoms with E-state index in [9.17, 15) is 4.79 Å². The molecule has 130 valence electrons. The van der Waals surface area contributed by atoms with Crippen LogP contribution in [0.1, 0.15) is 37.7 Å². The molecule has 0 aliphatic heterocycles. The van der Waals surface area contributed by atoms with Crippen molar-refractivity contribution in [1.29, 1.82) is 5.41 Å². The maximum Gasteiger partial charge on any atom is 0.320 e. The first-order chi connectivity index (χ1) is 12.2. The summed E-state index contributed by atoms with van der Waals surface area (Å²) in [5.74, 6) is 0.466. The molecule has 7 nitrogen and oxygen atoms in total. The lowest BCUT2D eigenvalue weighted by Gasteiger charge is -2.22. The van der Waals surface area contributed by atoms with Gasteiger partial charge in [0.2, 0.25) is 0 Å². The van der Waals surface area contributed by atoms with Gasteiger partial charge in [-0.15, -0.1) is 0 Å². The maximum atomic E-state index is 12.2. The van der Waals surface area contributed by atoms with Crippen LogP contribution < -0.4 is 16.4 Å². The number of hydrogen-bond acceptors (Lipinski definition) is 5. The largest absolute Gasteiger partial charge is 0.404 e. The molecule has 1 aliphatic rings. The molecule has 25 heavy (non-hydrogen) atoms. The average Bonchev–Trinajstić information content (AvgIpc) is 2.63.